The quantitative estimate of drug-likeness (QED) is 0.322. The maximum absolute atomic E-state index is 9.14. The number of rotatable bonds is 8. The topological polar surface area (TPSA) is 86.7 Å². The predicted molar refractivity (Wildman–Crippen MR) is 146 cm³/mol. The van der Waals surface area contributed by atoms with E-state index in [4.69, 9.17) is 5.26 Å². The van der Waals surface area contributed by atoms with Crippen LogP contribution < -0.4 is 15.5 Å². The molecule has 188 valence electrons. The third-order valence-corrected chi connectivity index (χ3v) is 7.55. The van der Waals surface area contributed by atoms with Crippen LogP contribution in [0.3, 0.4) is 0 Å². The lowest BCUT2D eigenvalue weighted by Crippen LogP contribution is -2.28. The van der Waals surface area contributed by atoms with Crippen molar-refractivity contribution < 1.29 is 0 Å². The molecule has 4 aromatic rings. The Morgan fingerprint density at radius 2 is 1.97 bits per heavy atom. The molecule has 37 heavy (non-hydrogen) atoms. The van der Waals surface area contributed by atoms with Crippen molar-refractivity contribution in [3.63, 3.8) is 0 Å². The molecule has 1 saturated heterocycles. The lowest BCUT2D eigenvalue weighted by Gasteiger charge is -2.21. The number of hydrogen-bond acceptors (Lipinski definition) is 6. The average Bonchev–Trinajstić information content (AvgIpc) is 3.68. The third-order valence-electron chi connectivity index (χ3n) is 7.55. The van der Waals surface area contributed by atoms with E-state index in [0.717, 1.165) is 74.0 Å². The van der Waals surface area contributed by atoms with Crippen LogP contribution in [0.25, 0.3) is 28.3 Å². The normalized spacial score (nSPS) is 16.1. The Bertz CT molecular complexity index is 1430. The first-order chi connectivity index (χ1) is 18.2. The number of fused-ring (bicyclic) bond motifs is 5. The van der Waals surface area contributed by atoms with Gasteiger partial charge in [0.2, 0.25) is 0 Å². The zero-order chi connectivity index (χ0) is 25.2. The second-order valence-corrected chi connectivity index (χ2v) is 10.0. The summed E-state index contributed by atoms with van der Waals surface area (Å²) in [5.74, 6) is 1.53. The Morgan fingerprint density at radius 1 is 1.08 bits per heavy atom. The van der Waals surface area contributed by atoms with Crippen LogP contribution in [0.2, 0.25) is 0 Å². The fraction of sp³-hybridized carbons (Fsp3) is 0.345. The number of aromatic nitrogens is 4. The zero-order valence-electron chi connectivity index (χ0n) is 21.2. The molecule has 6 rings (SSSR count). The van der Waals surface area contributed by atoms with Gasteiger partial charge >= 0.3 is 0 Å². The van der Waals surface area contributed by atoms with E-state index in [0.29, 0.717) is 11.5 Å². The molecule has 0 radical (unpaired) electrons. The highest BCUT2D eigenvalue weighted by molar-refractivity contribution is 5.72. The highest BCUT2D eigenvalue weighted by Gasteiger charge is 2.25. The van der Waals surface area contributed by atoms with E-state index in [1.807, 2.05) is 37.6 Å². The summed E-state index contributed by atoms with van der Waals surface area (Å²) >= 11 is 0. The molecule has 2 aliphatic rings. The van der Waals surface area contributed by atoms with Crippen molar-refractivity contribution >= 4 is 5.69 Å². The third kappa shape index (κ3) is 4.64. The molecule has 0 saturated carbocycles. The summed E-state index contributed by atoms with van der Waals surface area (Å²) in [5.41, 5.74) is 7.58. The summed E-state index contributed by atoms with van der Waals surface area (Å²) < 4.78 is 4.37. The molecule has 1 fully saturated rings. The molecule has 0 aliphatic carbocycles. The van der Waals surface area contributed by atoms with Crippen molar-refractivity contribution in [3.05, 3.63) is 72.2 Å². The van der Waals surface area contributed by atoms with Gasteiger partial charge in [-0.3, -0.25) is 4.57 Å². The van der Waals surface area contributed by atoms with E-state index in [-0.39, 0.29) is 0 Å². The van der Waals surface area contributed by atoms with Gasteiger partial charge in [-0.15, -0.1) is 10.2 Å². The number of nitrogens with zero attached hydrogens (tertiary/aromatic N) is 6. The molecule has 2 aromatic carbocycles. The molecule has 8 heteroatoms. The minimum absolute atomic E-state index is 0.666. The van der Waals surface area contributed by atoms with Crippen LogP contribution in [0, 0.1) is 17.2 Å². The number of benzene rings is 2. The number of nitrogens with one attached hydrogen (secondary N) is 2. The summed E-state index contributed by atoms with van der Waals surface area (Å²) in [5, 5.41) is 24.7. The van der Waals surface area contributed by atoms with Crippen molar-refractivity contribution in [2.45, 2.75) is 19.4 Å². The molecule has 1 unspecified atom stereocenters. The molecule has 0 amide bonds. The highest BCUT2D eigenvalue weighted by Crippen LogP contribution is 2.35. The van der Waals surface area contributed by atoms with E-state index >= 15 is 0 Å². The van der Waals surface area contributed by atoms with Gasteiger partial charge in [-0.05, 0) is 93.0 Å². The Hall–Kier alpha value is -3.93. The Morgan fingerprint density at radius 3 is 2.81 bits per heavy atom. The van der Waals surface area contributed by atoms with Crippen molar-refractivity contribution in [1.29, 1.82) is 5.26 Å². The molecule has 4 heterocycles. The van der Waals surface area contributed by atoms with Gasteiger partial charge < -0.3 is 20.1 Å². The van der Waals surface area contributed by atoms with Gasteiger partial charge in [0, 0.05) is 37.1 Å². The van der Waals surface area contributed by atoms with Gasteiger partial charge in [-0.1, -0.05) is 12.1 Å². The van der Waals surface area contributed by atoms with E-state index < -0.39 is 0 Å². The van der Waals surface area contributed by atoms with Gasteiger partial charge in [0.25, 0.3) is 0 Å². The monoisotopic (exact) mass is 492 g/mol. The zero-order valence-corrected chi connectivity index (χ0v) is 21.2. The van der Waals surface area contributed by atoms with Crippen LogP contribution in [0.1, 0.15) is 24.0 Å². The van der Waals surface area contributed by atoms with Gasteiger partial charge in [-0.25, -0.2) is 0 Å². The first-order valence-electron chi connectivity index (χ1n) is 13.1. The summed E-state index contributed by atoms with van der Waals surface area (Å²) in [6.45, 7) is 6.17. The minimum Gasteiger partial charge on any atom is -0.371 e. The number of hydrogen-bond donors (Lipinski definition) is 2. The van der Waals surface area contributed by atoms with E-state index in [1.165, 1.54) is 17.7 Å². The van der Waals surface area contributed by atoms with Gasteiger partial charge in [0.15, 0.2) is 5.82 Å². The lowest BCUT2D eigenvalue weighted by atomic mass is 10.1. The summed E-state index contributed by atoms with van der Waals surface area (Å²) in [6, 6.07) is 18.9. The van der Waals surface area contributed by atoms with Gasteiger partial charge in [0.1, 0.15) is 6.33 Å². The highest BCUT2D eigenvalue weighted by atomic mass is 15.3. The van der Waals surface area contributed by atoms with Crippen LogP contribution in [-0.4, -0.2) is 59.1 Å². The van der Waals surface area contributed by atoms with Crippen LogP contribution >= 0.6 is 0 Å². The van der Waals surface area contributed by atoms with Crippen LogP contribution in [0.4, 0.5) is 5.69 Å². The first-order valence-corrected chi connectivity index (χ1v) is 13.1. The van der Waals surface area contributed by atoms with E-state index in [9.17, 15) is 0 Å². The molecule has 2 aromatic heterocycles. The van der Waals surface area contributed by atoms with Crippen molar-refractivity contribution in [1.82, 2.24) is 30.0 Å². The second-order valence-electron chi connectivity index (χ2n) is 10.0. The maximum Gasteiger partial charge on any atom is 0.185 e. The number of anilines is 1. The van der Waals surface area contributed by atoms with E-state index in [2.05, 4.69) is 71.4 Å². The molecular weight excluding hydrogens is 460 g/mol. The smallest absolute Gasteiger partial charge is 0.185 e. The molecule has 0 spiro atoms. The first kappa shape index (κ1) is 23.5. The molecular formula is C29H32N8. The van der Waals surface area contributed by atoms with Crippen molar-refractivity contribution in [2.75, 3.05) is 44.7 Å². The van der Waals surface area contributed by atoms with Crippen molar-refractivity contribution in [2.24, 2.45) is 5.92 Å². The Balaban J connectivity index is 1.24. The van der Waals surface area contributed by atoms with Gasteiger partial charge in [0.05, 0.1) is 23.0 Å². The SMILES string of the molecule is CNCCCNCC1CCN(c2ccc3c(c2)Cn2cc(-c4ccc(C#N)cc4)cc2-c2nncn2-3)C1. The van der Waals surface area contributed by atoms with Crippen LogP contribution in [-0.2, 0) is 6.54 Å². The number of nitriles is 1. The van der Waals surface area contributed by atoms with Gasteiger partial charge in [-0.2, -0.15) is 5.26 Å². The molecule has 1 atom stereocenters. The minimum atomic E-state index is 0.666. The van der Waals surface area contributed by atoms with Crippen molar-refractivity contribution in [3.8, 4) is 34.4 Å². The van der Waals surface area contributed by atoms with E-state index in [1.54, 1.807) is 0 Å². The maximum atomic E-state index is 9.14. The second kappa shape index (κ2) is 10.2. The summed E-state index contributed by atoms with van der Waals surface area (Å²) in [6.07, 6.45) is 6.38. The Labute approximate surface area is 217 Å². The Kier molecular flexibility index (Phi) is 6.47. The fourth-order valence-electron chi connectivity index (χ4n) is 5.55. The largest absolute Gasteiger partial charge is 0.371 e. The standard InChI is InChI=1S/C29H32N8/c1-31-10-2-11-32-16-22-9-12-35(17-22)26-7-8-27-25(13-26)19-36-18-24(23-5-3-21(15-30)4-6-23)14-28(36)29-34-33-20-37(27)29/h3-8,13-14,18,20,22,31-32H,2,9-12,16-17,19H2,1H3. The van der Waals surface area contributed by atoms with Crippen LogP contribution in [0.5, 0.6) is 0 Å². The molecule has 8 nitrogen and oxygen atoms in total. The summed E-state index contributed by atoms with van der Waals surface area (Å²) in [7, 11) is 2.00. The van der Waals surface area contributed by atoms with Crippen LogP contribution in [0.15, 0.2) is 61.1 Å². The predicted octanol–water partition coefficient (Wildman–Crippen LogP) is 3.66. The average molecular weight is 493 g/mol. The summed E-state index contributed by atoms with van der Waals surface area (Å²) in [4.78, 5) is 2.52. The lowest BCUT2D eigenvalue weighted by molar-refractivity contribution is 0.508. The fourth-order valence-corrected chi connectivity index (χ4v) is 5.55. The molecule has 0 bridgehead atoms. The molecule has 2 N–H and O–H groups in total. The molecule has 2 aliphatic heterocycles.